The van der Waals surface area contributed by atoms with Crippen molar-refractivity contribution in [1.82, 2.24) is 0 Å². The summed E-state index contributed by atoms with van der Waals surface area (Å²) < 4.78 is 11.9. The smallest absolute Gasteiger partial charge is 0.331 e. The van der Waals surface area contributed by atoms with Crippen molar-refractivity contribution in [1.29, 1.82) is 0 Å². The van der Waals surface area contributed by atoms with E-state index in [2.05, 4.69) is 0 Å². The number of hydrogen-bond acceptors (Lipinski definition) is 2. The highest BCUT2D eigenvalue weighted by atomic mass is 19.1. The normalized spacial score (nSPS) is 27.3. The molecule has 0 heterocycles. The van der Waals surface area contributed by atoms with E-state index in [1.807, 2.05) is 0 Å². The van der Waals surface area contributed by atoms with E-state index in [-0.39, 0.29) is 12.0 Å². The molecule has 0 aromatic carbocycles. The van der Waals surface area contributed by atoms with Gasteiger partial charge in [-0.05, 0) is 5.57 Å². The third-order valence-corrected chi connectivity index (χ3v) is 1.62. The topological polar surface area (TPSA) is 63.3 Å². The van der Waals surface area contributed by atoms with E-state index in [1.165, 1.54) is 6.08 Å². The summed E-state index contributed by atoms with van der Waals surface area (Å²) in [6, 6.07) is -0.564. The number of nitrogens with two attached hydrogens (primary N) is 1. The number of hydrogen-bond donors (Lipinski definition) is 2. The highest BCUT2D eigenvalue weighted by molar-refractivity contribution is 5.88. The molecular formula is C7H8FNO2. The van der Waals surface area contributed by atoms with Gasteiger partial charge in [-0.1, -0.05) is 6.08 Å². The third kappa shape index (κ3) is 1.46. The fourth-order valence-corrected chi connectivity index (χ4v) is 0.979. The van der Waals surface area contributed by atoms with E-state index in [1.54, 1.807) is 0 Å². The van der Waals surface area contributed by atoms with Gasteiger partial charge in [-0.3, -0.25) is 0 Å². The Morgan fingerprint density at radius 3 is 2.82 bits per heavy atom. The van der Waals surface area contributed by atoms with Gasteiger partial charge in [0.15, 0.2) is 0 Å². The highest BCUT2D eigenvalue weighted by Gasteiger charge is 2.22. The first-order valence-corrected chi connectivity index (χ1v) is 3.14. The SMILES string of the molecule is NC1C=C(C(=O)O)C/C1=C\F. The maximum atomic E-state index is 11.9. The fourth-order valence-electron chi connectivity index (χ4n) is 0.979. The molecule has 1 aliphatic carbocycles. The van der Waals surface area contributed by atoms with Crippen molar-refractivity contribution in [3.63, 3.8) is 0 Å². The summed E-state index contributed by atoms with van der Waals surface area (Å²) in [7, 11) is 0. The second kappa shape index (κ2) is 2.84. The molecule has 0 radical (unpaired) electrons. The molecule has 0 aliphatic heterocycles. The summed E-state index contributed by atoms with van der Waals surface area (Å²) in [6.45, 7) is 0. The molecule has 1 rings (SSSR count). The maximum absolute atomic E-state index is 11.9. The third-order valence-electron chi connectivity index (χ3n) is 1.62. The molecule has 4 heteroatoms. The second-order valence-electron chi connectivity index (χ2n) is 2.38. The van der Waals surface area contributed by atoms with Crippen molar-refractivity contribution in [2.75, 3.05) is 0 Å². The summed E-state index contributed by atoms with van der Waals surface area (Å²) in [6.07, 6.45) is 1.85. The zero-order valence-electron chi connectivity index (χ0n) is 5.75. The van der Waals surface area contributed by atoms with Crippen molar-refractivity contribution >= 4 is 5.97 Å². The van der Waals surface area contributed by atoms with E-state index >= 15 is 0 Å². The molecule has 1 unspecified atom stereocenters. The molecular weight excluding hydrogens is 149 g/mol. The Hall–Kier alpha value is -1.16. The van der Waals surface area contributed by atoms with Crippen LogP contribution in [0.25, 0.3) is 0 Å². The van der Waals surface area contributed by atoms with Crippen LogP contribution in [0.3, 0.4) is 0 Å². The Bertz CT molecular complexity index is 245. The monoisotopic (exact) mass is 157 g/mol. The molecule has 0 bridgehead atoms. The minimum Gasteiger partial charge on any atom is -0.478 e. The molecule has 11 heavy (non-hydrogen) atoms. The Morgan fingerprint density at radius 1 is 1.91 bits per heavy atom. The molecule has 1 aliphatic rings. The van der Waals surface area contributed by atoms with Gasteiger partial charge in [0.2, 0.25) is 0 Å². The highest BCUT2D eigenvalue weighted by Crippen LogP contribution is 2.23. The molecule has 1 atom stereocenters. The number of aliphatic carboxylic acids is 1. The van der Waals surface area contributed by atoms with Gasteiger partial charge >= 0.3 is 5.97 Å². The quantitative estimate of drug-likeness (QED) is 0.585. The van der Waals surface area contributed by atoms with Crippen LogP contribution in [0.15, 0.2) is 23.6 Å². The van der Waals surface area contributed by atoms with Gasteiger partial charge in [0.05, 0.1) is 6.33 Å². The first kappa shape index (κ1) is 7.94. The van der Waals surface area contributed by atoms with E-state index in [0.717, 1.165) is 0 Å². The molecule has 0 amide bonds. The molecule has 0 aromatic rings. The predicted molar refractivity (Wildman–Crippen MR) is 37.5 cm³/mol. The van der Waals surface area contributed by atoms with Crippen molar-refractivity contribution in [3.8, 4) is 0 Å². The van der Waals surface area contributed by atoms with Crippen LogP contribution >= 0.6 is 0 Å². The van der Waals surface area contributed by atoms with Crippen LogP contribution in [0.1, 0.15) is 6.42 Å². The zero-order chi connectivity index (χ0) is 8.43. The maximum Gasteiger partial charge on any atom is 0.331 e. The van der Waals surface area contributed by atoms with Gasteiger partial charge in [-0.2, -0.15) is 0 Å². The number of carboxylic acid groups (broad SMARTS) is 1. The van der Waals surface area contributed by atoms with Gasteiger partial charge in [-0.15, -0.1) is 0 Å². The Balaban J connectivity index is 2.79. The summed E-state index contributed by atoms with van der Waals surface area (Å²) in [5, 5.41) is 8.47. The van der Waals surface area contributed by atoms with Crippen LogP contribution in [0.5, 0.6) is 0 Å². The molecule has 0 spiro atoms. The Labute approximate surface area is 63.0 Å². The van der Waals surface area contributed by atoms with Crippen LogP contribution in [0, 0.1) is 0 Å². The van der Waals surface area contributed by atoms with E-state index in [4.69, 9.17) is 10.8 Å². The van der Waals surface area contributed by atoms with Crippen LogP contribution in [-0.2, 0) is 4.79 Å². The second-order valence-corrected chi connectivity index (χ2v) is 2.38. The number of halogens is 1. The van der Waals surface area contributed by atoms with Crippen molar-refractivity contribution in [2.45, 2.75) is 12.5 Å². The Kier molecular flexibility index (Phi) is 2.05. The fraction of sp³-hybridized carbons (Fsp3) is 0.286. The van der Waals surface area contributed by atoms with Crippen molar-refractivity contribution in [3.05, 3.63) is 23.6 Å². The average molecular weight is 157 g/mol. The molecule has 3 N–H and O–H groups in total. The van der Waals surface area contributed by atoms with Gasteiger partial charge in [0.25, 0.3) is 0 Å². The van der Waals surface area contributed by atoms with E-state index in [0.29, 0.717) is 11.9 Å². The van der Waals surface area contributed by atoms with Crippen LogP contribution < -0.4 is 5.73 Å². The Morgan fingerprint density at radius 2 is 2.55 bits per heavy atom. The minimum absolute atomic E-state index is 0.118. The lowest BCUT2D eigenvalue weighted by Crippen LogP contribution is -2.15. The largest absolute Gasteiger partial charge is 0.478 e. The van der Waals surface area contributed by atoms with Crippen molar-refractivity contribution < 1.29 is 14.3 Å². The number of carboxylic acids is 1. The van der Waals surface area contributed by atoms with Gasteiger partial charge in [0, 0.05) is 18.0 Å². The van der Waals surface area contributed by atoms with Gasteiger partial charge in [-0.25, -0.2) is 9.18 Å². The van der Waals surface area contributed by atoms with Crippen molar-refractivity contribution in [2.24, 2.45) is 5.73 Å². The van der Waals surface area contributed by atoms with Crippen LogP contribution in [-0.4, -0.2) is 17.1 Å². The summed E-state index contributed by atoms with van der Waals surface area (Å²) in [5.74, 6) is -1.03. The van der Waals surface area contributed by atoms with E-state index < -0.39 is 12.0 Å². The molecule has 3 nitrogen and oxygen atoms in total. The molecule has 60 valence electrons. The number of rotatable bonds is 1. The zero-order valence-corrected chi connectivity index (χ0v) is 5.75. The first-order valence-electron chi connectivity index (χ1n) is 3.14. The van der Waals surface area contributed by atoms with E-state index in [9.17, 15) is 9.18 Å². The first-order chi connectivity index (χ1) is 5.15. The summed E-state index contributed by atoms with van der Waals surface area (Å²) in [5.41, 5.74) is 5.86. The minimum atomic E-state index is -1.03. The summed E-state index contributed by atoms with van der Waals surface area (Å²) in [4.78, 5) is 10.3. The number of carbonyl (C=O) groups is 1. The summed E-state index contributed by atoms with van der Waals surface area (Å²) >= 11 is 0. The lowest BCUT2D eigenvalue weighted by molar-refractivity contribution is -0.132. The predicted octanol–water partition coefficient (Wildman–Crippen LogP) is 0.582. The van der Waals surface area contributed by atoms with Gasteiger partial charge < -0.3 is 10.8 Å². The molecule has 0 fully saturated rings. The van der Waals surface area contributed by atoms with Crippen LogP contribution in [0.4, 0.5) is 4.39 Å². The molecule has 0 saturated carbocycles. The van der Waals surface area contributed by atoms with Gasteiger partial charge in [0.1, 0.15) is 0 Å². The standard InChI is InChI=1S/C7H8FNO2/c8-3-5-1-4(7(10)11)2-6(5)9/h2-3,6H,1,9H2,(H,10,11)/b5-3+. The van der Waals surface area contributed by atoms with Crippen LogP contribution in [0.2, 0.25) is 0 Å². The average Bonchev–Trinajstić information content (AvgIpc) is 2.31. The molecule has 0 saturated heterocycles. The lowest BCUT2D eigenvalue weighted by Gasteiger charge is -1.98. The molecule has 0 aromatic heterocycles. The lowest BCUT2D eigenvalue weighted by atomic mass is 10.1.